The summed E-state index contributed by atoms with van der Waals surface area (Å²) in [6.45, 7) is 5.39. The molecule has 2 aromatic heterocycles. The molecule has 3 heterocycles. The van der Waals surface area contributed by atoms with Crippen LogP contribution in [-0.2, 0) is 11.8 Å². The van der Waals surface area contributed by atoms with Crippen molar-refractivity contribution in [3.05, 3.63) is 58.1 Å². The normalized spacial score (nSPS) is 19.6. The number of benzene rings is 1. The van der Waals surface area contributed by atoms with Gasteiger partial charge in [-0.1, -0.05) is 12.1 Å². The molecule has 1 fully saturated rings. The van der Waals surface area contributed by atoms with Crippen LogP contribution in [0.5, 0.6) is 5.75 Å². The van der Waals surface area contributed by atoms with Gasteiger partial charge in [0.05, 0.1) is 18.2 Å². The van der Waals surface area contributed by atoms with Crippen LogP contribution >= 0.6 is 0 Å². The fourth-order valence-corrected chi connectivity index (χ4v) is 4.79. The molecular formula is C25H27F3N6O3. The second-order valence-corrected chi connectivity index (χ2v) is 9.05. The third-order valence-electron chi connectivity index (χ3n) is 6.66. The highest BCUT2D eigenvalue weighted by Gasteiger charge is 2.37. The molecule has 1 aliphatic heterocycles. The largest absolute Gasteiger partial charge is 0.573 e. The van der Waals surface area contributed by atoms with Crippen LogP contribution in [0.15, 0.2) is 41.2 Å². The summed E-state index contributed by atoms with van der Waals surface area (Å²) >= 11 is 0. The Morgan fingerprint density at radius 3 is 2.49 bits per heavy atom. The second-order valence-electron chi connectivity index (χ2n) is 9.05. The lowest BCUT2D eigenvalue weighted by molar-refractivity contribution is -0.274. The van der Waals surface area contributed by atoms with Crippen molar-refractivity contribution in [1.82, 2.24) is 19.4 Å². The monoisotopic (exact) mass is 516 g/mol. The number of alkyl halides is 3. The van der Waals surface area contributed by atoms with E-state index in [1.807, 2.05) is 24.8 Å². The molecule has 3 aromatic rings. The first kappa shape index (κ1) is 26.4. The molecule has 0 saturated carbocycles. The van der Waals surface area contributed by atoms with E-state index >= 15 is 0 Å². The number of aryl methyl sites for hydroxylation is 1. The van der Waals surface area contributed by atoms with E-state index in [0.29, 0.717) is 36.5 Å². The Hall–Kier alpha value is -3.69. The van der Waals surface area contributed by atoms with Crippen molar-refractivity contribution in [2.75, 3.05) is 31.7 Å². The smallest absolute Gasteiger partial charge is 0.406 e. The van der Waals surface area contributed by atoms with Crippen molar-refractivity contribution >= 4 is 16.9 Å². The predicted molar refractivity (Wildman–Crippen MR) is 130 cm³/mol. The van der Waals surface area contributed by atoms with Gasteiger partial charge in [-0.2, -0.15) is 10.2 Å². The van der Waals surface area contributed by atoms with Gasteiger partial charge < -0.3 is 14.4 Å². The van der Waals surface area contributed by atoms with Crippen molar-refractivity contribution in [2.45, 2.75) is 38.3 Å². The molecule has 0 spiro atoms. The van der Waals surface area contributed by atoms with Gasteiger partial charge in [0, 0.05) is 39.3 Å². The van der Waals surface area contributed by atoms with E-state index in [9.17, 15) is 23.2 Å². The quantitative estimate of drug-likeness (QED) is 0.492. The number of nitrogens with zero attached hydrogens (tertiary/aromatic N) is 6. The average Bonchev–Trinajstić information content (AvgIpc) is 2.86. The van der Waals surface area contributed by atoms with Crippen LogP contribution < -0.4 is 15.3 Å². The maximum atomic E-state index is 12.7. The Balaban J connectivity index is 1.65. The Labute approximate surface area is 211 Å². The standard InChI is InChI=1S/C25H27F3N6O3/c1-15-12-34(16(2)17-5-8-20(9-6-17)37-25(26,27)28)19(14-36-4)13-33(15)23-22-21(32(3)24(35)31-23)10-7-18(11-29)30-22/h5-10,15-16,19H,12-14H2,1-4H3/t15-,16?,19-/m0/s1. The van der Waals surface area contributed by atoms with Crippen LogP contribution in [0, 0.1) is 11.3 Å². The van der Waals surface area contributed by atoms with Gasteiger partial charge in [-0.05, 0) is 43.7 Å². The molecule has 0 radical (unpaired) electrons. The van der Waals surface area contributed by atoms with Gasteiger partial charge in [0.2, 0.25) is 0 Å². The highest BCUT2D eigenvalue weighted by molar-refractivity contribution is 5.86. The SMILES string of the molecule is COC[C@@H]1CN(c2nc(=O)n(C)c3ccc(C#N)nc23)[C@@H](C)CN1C(C)c1ccc(OC(F)(F)F)cc1. The van der Waals surface area contributed by atoms with E-state index in [1.165, 1.54) is 16.7 Å². The molecule has 0 bridgehead atoms. The van der Waals surface area contributed by atoms with Gasteiger partial charge in [0.25, 0.3) is 0 Å². The fourth-order valence-electron chi connectivity index (χ4n) is 4.79. The number of anilines is 1. The molecule has 0 aliphatic carbocycles. The highest BCUT2D eigenvalue weighted by Crippen LogP contribution is 2.33. The topological polar surface area (TPSA) is 96.5 Å². The Morgan fingerprint density at radius 1 is 1.16 bits per heavy atom. The number of hydrogen-bond donors (Lipinski definition) is 0. The summed E-state index contributed by atoms with van der Waals surface area (Å²) in [6.07, 6.45) is -4.75. The minimum absolute atomic E-state index is 0.0984. The summed E-state index contributed by atoms with van der Waals surface area (Å²) in [5, 5.41) is 9.36. The molecule has 0 N–H and O–H groups in total. The third-order valence-corrected chi connectivity index (χ3v) is 6.66. The average molecular weight is 517 g/mol. The first-order valence-corrected chi connectivity index (χ1v) is 11.7. The van der Waals surface area contributed by atoms with Crippen molar-refractivity contribution in [3.63, 3.8) is 0 Å². The molecule has 12 heteroatoms. The van der Waals surface area contributed by atoms with Crippen LogP contribution in [0.2, 0.25) is 0 Å². The fraction of sp³-hybridized carbons (Fsp3) is 0.440. The number of piperazine rings is 1. The summed E-state index contributed by atoms with van der Waals surface area (Å²) in [7, 11) is 3.21. The van der Waals surface area contributed by atoms with E-state index in [1.54, 1.807) is 38.4 Å². The van der Waals surface area contributed by atoms with E-state index in [0.717, 1.165) is 5.56 Å². The van der Waals surface area contributed by atoms with Gasteiger partial charge in [0.1, 0.15) is 23.0 Å². The summed E-state index contributed by atoms with van der Waals surface area (Å²) in [5.41, 5.74) is 1.66. The summed E-state index contributed by atoms with van der Waals surface area (Å²) in [4.78, 5) is 25.6. The first-order chi connectivity index (χ1) is 17.5. The van der Waals surface area contributed by atoms with Crippen molar-refractivity contribution in [1.29, 1.82) is 5.26 Å². The number of aromatic nitrogens is 3. The maximum Gasteiger partial charge on any atom is 0.573 e. The Morgan fingerprint density at radius 2 is 1.86 bits per heavy atom. The number of nitriles is 1. The first-order valence-electron chi connectivity index (χ1n) is 11.7. The number of halogens is 3. The molecular weight excluding hydrogens is 489 g/mol. The van der Waals surface area contributed by atoms with Gasteiger partial charge in [-0.25, -0.2) is 9.78 Å². The van der Waals surface area contributed by atoms with E-state index < -0.39 is 12.1 Å². The number of hydrogen-bond acceptors (Lipinski definition) is 8. The lowest BCUT2D eigenvalue weighted by Gasteiger charge is -2.48. The zero-order chi connectivity index (χ0) is 26.9. The summed E-state index contributed by atoms with van der Waals surface area (Å²) in [6, 6.07) is 10.8. The van der Waals surface area contributed by atoms with Crippen LogP contribution in [0.25, 0.3) is 11.0 Å². The van der Waals surface area contributed by atoms with Gasteiger partial charge in [-0.15, -0.1) is 13.2 Å². The third kappa shape index (κ3) is 5.52. The predicted octanol–water partition coefficient (Wildman–Crippen LogP) is 3.39. The van der Waals surface area contributed by atoms with Crippen LogP contribution in [0.4, 0.5) is 19.0 Å². The van der Waals surface area contributed by atoms with Crippen molar-refractivity contribution in [3.8, 4) is 11.8 Å². The van der Waals surface area contributed by atoms with E-state index in [-0.39, 0.29) is 29.6 Å². The molecule has 9 nitrogen and oxygen atoms in total. The van der Waals surface area contributed by atoms with Crippen molar-refractivity contribution < 1.29 is 22.6 Å². The Kier molecular flexibility index (Phi) is 7.38. The number of methoxy groups -OCH3 is 1. The summed E-state index contributed by atoms with van der Waals surface area (Å²) < 4.78 is 48.5. The number of pyridine rings is 1. The molecule has 3 atom stereocenters. The zero-order valence-electron chi connectivity index (χ0n) is 20.9. The molecule has 196 valence electrons. The molecule has 1 saturated heterocycles. The van der Waals surface area contributed by atoms with Gasteiger partial charge in [-0.3, -0.25) is 9.47 Å². The molecule has 37 heavy (non-hydrogen) atoms. The van der Waals surface area contributed by atoms with Gasteiger partial charge >= 0.3 is 12.1 Å². The number of rotatable bonds is 6. The molecule has 0 amide bonds. The zero-order valence-corrected chi connectivity index (χ0v) is 20.9. The molecule has 1 unspecified atom stereocenters. The van der Waals surface area contributed by atoms with Crippen LogP contribution in [0.1, 0.15) is 31.1 Å². The maximum absolute atomic E-state index is 12.7. The van der Waals surface area contributed by atoms with E-state index in [4.69, 9.17) is 4.74 Å². The number of ether oxygens (including phenoxy) is 2. The lowest BCUT2D eigenvalue weighted by Crippen LogP contribution is -2.59. The molecule has 1 aliphatic rings. The van der Waals surface area contributed by atoms with Crippen LogP contribution in [0.3, 0.4) is 0 Å². The Bertz CT molecular complexity index is 1370. The minimum Gasteiger partial charge on any atom is -0.406 e. The number of fused-ring (bicyclic) bond motifs is 1. The minimum atomic E-state index is -4.75. The molecule has 4 rings (SSSR count). The van der Waals surface area contributed by atoms with Crippen molar-refractivity contribution in [2.24, 2.45) is 7.05 Å². The molecule has 1 aromatic carbocycles. The van der Waals surface area contributed by atoms with Gasteiger partial charge in [0.15, 0.2) is 5.82 Å². The lowest BCUT2D eigenvalue weighted by atomic mass is 10.00. The van der Waals surface area contributed by atoms with Crippen LogP contribution in [-0.4, -0.2) is 64.7 Å². The summed E-state index contributed by atoms with van der Waals surface area (Å²) in [5.74, 6) is 0.132. The second kappa shape index (κ2) is 10.4. The highest BCUT2D eigenvalue weighted by atomic mass is 19.4. The van der Waals surface area contributed by atoms with E-state index in [2.05, 4.69) is 19.6 Å².